The Labute approximate surface area is 172 Å². The molecule has 0 bridgehead atoms. The molecule has 1 aromatic carbocycles. The van der Waals surface area contributed by atoms with Crippen molar-refractivity contribution in [3.05, 3.63) is 22.8 Å². The first kappa shape index (κ1) is 23.4. The number of hydrogen-bond donors (Lipinski definition) is 3. The van der Waals surface area contributed by atoms with Crippen LogP contribution in [0.4, 0.5) is 0 Å². The van der Waals surface area contributed by atoms with Gasteiger partial charge in [0.15, 0.2) is 5.60 Å². The first-order valence-corrected chi connectivity index (χ1v) is 10.0. The summed E-state index contributed by atoms with van der Waals surface area (Å²) in [5.41, 5.74) is 1.62. The zero-order chi connectivity index (χ0) is 21.3. The van der Waals surface area contributed by atoms with Gasteiger partial charge in [-0.3, -0.25) is 4.79 Å². The molecule has 164 valence electrons. The Morgan fingerprint density at radius 2 is 1.72 bits per heavy atom. The van der Waals surface area contributed by atoms with Crippen molar-refractivity contribution in [3.8, 4) is 11.5 Å². The maximum atomic E-state index is 12.7. The van der Waals surface area contributed by atoms with Crippen LogP contribution in [0.5, 0.6) is 11.5 Å². The van der Waals surface area contributed by atoms with E-state index >= 15 is 0 Å². The molecule has 8 nitrogen and oxygen atoms in total. The molecule has 0 radical (unpaired) electrons. The molecule has 0 fully saturated rings. The summed E-state index contributed by atoms with van der Waals surface area (Å²) in [6.45, 7) is 8.38. The average molecular weight is 411 g/mol. The third-order valence-corrected chi connectivity index (χ3v) is 5.08. The van der Waals surface area contributed by atoms with Crippen molar-refractivity contribution in [2.24, 2.45) is 0 Å². The van der Waals surface area contributed by atoms with E-state index in [2.05, 4.69) is 5.32 Å². The lowest BCUT2D eigenvalue weighted by atomic mass is 9.89. The summed E-state index contributed by atoms with van der Waals surface area (Å²) in [7, 11) is 0. The lowest BCUT2D eigenvalue weighted by Gasteiger charge is -2.35. The van der Waals surface area contributed by atoms with Crippen LogP contribution in [-0.2, 0) is 25.4 Å². The third-order valence-electron chi connectivity index (χ3n) is 5.08. The number of amides is 1. The second-order valence-electron chi connectivity index (χ2n) is 7.28. The Balaban J connectivity index is 1.67. The predicted octanol–water partition coefficient (Wildman–Crippen LogP) is 1.25. The molecule has 0 aliphatic carbocycles. The van der Waals surface area contributed by atoms with Crippen molar-refractivity contribution < 1.29 is 34.0 Å². The van der Waals surface area contributed by atoms with Gasteiger partial charge >= 0.3 is 0 Å². The molecule has 1 aliphatic heterocycles. The summed E-state index contributed by atoms with van der Waals surface area (Å²) in [6, 6.07) is 1.73. The van der Waals surface area contributed by atoms with Crippen LogP contribution in [0.15, 0.2) is 6.07 Å². The lowest BCUT2D eigenvalue weighted by molar-refractivity contribution is -0.137. The van der Waals surface area contributed by atoms with Gasteiger partial charge < -0.3 is 34.5 Å². The number of phenolic OH excluding ortho intramolecular Hbond substituents is 1. The molecule has 1 unspecified atom stereocenters. The second kappa shape index (κ2) is 11.3. The highest BCUT2D eigenvalue weighted by Gasteiger charge is 2.39. The molecule has 1 aromatic rings. The quantitative estimate of drug-likeness (QED) is 0.445. The van der Waals surface area contributed by atoms with E-state index < -0.39 is 5.60 Å². The highest BCUT2D eigenvalue weighted by Crippen LogP contribution is 2.40. The van der Waals surface area contributed by atoms with E-state index in [9.17, 15) is 9.90 Å². The van der Waals surface area contributed by atoms with Crippen molar-refractivity contribution in [3.63, 3.8) is 0 Å². The zero-order valence-electron chi connectivity index (χ0n) is 17.6. The Morgan fingerprint density at radius 1 is 1.10 bits per heavy atom. The van der Waals surface area contributed by atoms with Gasteiger partial charge in [0.25, 0.3) is 5.91 Å². The van der Waals surface area contributed by atoms with E-state index in [-0.39, 0.29) is 18.3 Å². The van der Waals surface area contributed by atoms with Gasteiger partial charge in [-0.25, -0.2) is 0 Å². The minimum Gasteiger partial charge on any atom is -0.508 e. The number of benzene rings is 1. The first-order valence-electron chi connectivity index (χ1n) is 10.0. The molecular formula is C21H33NO7. The number of carbonyl (C=O) groups is 1. The van der Waals surface area contributed by atoms with Gasteiger partial charge in [-0.2, -0.15) is 0 Å². The smallest absolute Gasteiger partial charge is 0.263 e. The van der Waals surface area contributed by atoms with Crippen LogP contribution < -0.4 is 10.1 Å². The van der Waals surface area contributed by atoms with Gasteiger partial charge in [-0.1, -0.05) is 0 Å². The fourth-order valence-corrected chi connectivity index (χ4v) is 3.11. The number of rotatable bonds is 12. The number of aliphatic hydroxyl groups is 1. The van der Waals surface area contributed by atoms with Crippen LogP contribution in [0.1, 0.15) is 30.0 Å². The Morgan fingerprint density at radius 3 is 2.38 bits per heavy atom. The van der Waals surface area contributed by atoms with E-state index in [4.69, 9.17) is 24.1 Å². The van der Waals surface area contributed by atoms with Crippen molar-refractivity contribution in [2.75, 3.05) is 52.8 Å². The topological polar surface area (TPSA) is 106 Å². The number of hydrogen-bond acceptors (Lipinski definition) is 7. The molecule has 29 heavy (non-hydrogen) atoms. The molecule has 3 N–H and O–H groups in total. The molecule has 0 saturated carbocycles. The summed E-state index contributed by atoms with van der Waals surface area (Å²) in [6.07, 6.45) is 1.21. The minimum absolute atomic E-state index is 0.00820. The number of aryl methyl sites for hydroxylation is 1. The highest BCUT2D eigenvalue weighted by molar-refractivity contribution is 5.85. The van der Waals surface area contributed by atoms with Gasteiger partial charge in [0.05, 0.1) is 46.2 Å². The number of ether oxygens (including phenoxy) is 4. The van der Waals surface area contributed by atoms with Gasteiger partial charge in [-0.15, -0.1) is 0 Å². The van der Waals surface area contributed by atoms with Crippen molar-refractivity contribution in [1.29, 1.82) is 0 Å². The normalized spacial score (nSPS) is 18.2. The Bertz CT molecular complexity index is 679. The fraction of sp³-hybridized carbons (Fsp3) is 0.667. The summed E-state index contributed by atoms with van der Waals surface area (Å²) in [5, 5.41) is 21.4. The number of fused-ring (bicyclic) bond motifs is 1. The third kappa shape index (κ3) is 6.57. The summed E-state index contributed by atoms with van der Waals surface area (Å²) in [4.78, 5) is 12.7. The molecule has 1 atom stereocenters. The van der Waals surface area contributed by atoms with Gasteiger partial charge in [0, 0.05) is 13.0 Å². The van der Waals surface area contributed by atoms with Crippen LogP contribution in [0.25, 0.3) is 0 Å². The standard InChI is InChI=1S/C21H33NO7/c1-15-16(2)19-17(14-18(15)24)4-5-21(3,29-19)20(25)22-6-8-26-10-12-28-13-11-27-9-7-23/h14,23-24H,4-13H2,1-3H3,(H,22,25). The number of carbonyl (C=O) groups excluding carboxylic acids is 1. The average Bonchev–Trinajstić information content (AvgIpc) is 2.71. The first-order chi connectivity index (χ1) is 13.9. The minimum atomic E-state index is -0.946. The second-order valence-corrected chi connectivity index (χ2v) is 7.28. The monoisotopic (exact) mass is 411 g/mol. The molecule has 8 heteroatoms. The molecule has 2 rings (SSSR count). The molecule has 1 amide bonds. The van der Waals surface area contributed by atoms with E-state index in [0.29, 0.717) is 64.8 Å². The predicted molar refractivity (Wildman–Crippen MR) is 107 cm³/mol. The fourth-order valence-electron chi connectivity index (χ4n) is 3.11. The summed E-state index contributed by atoms with van der Waals surface area (Å²) < 4.78 is 21.9. The van der Waals surface area contributed by atoms with Crippen LogP contribution >= 0.6 is 0 Å². The molecule has 1 aliphatic rings. The van der Waals surface area contributed by atoms with Crippen LogP contribution in [0.3, 0.4) is 0 Å². The number of aliphatic hydroxyl groups excluding tert-OH is 1. The van der Waals surface area contributed by atoms with Crippen molar-refractivity contribution >= 4 is 5.91 Å². The summed E-state index contributed by atoms with van der Waals surface area (Å²) in [5.74, 6) is 0.784. The molecule has 1 heterocycles. The summed E-state index contributed by atoms with van der Waals surface area (Å²) >= 11 is 0. The van der Waals surface area contributed by atoms with E-state index in [1.807, 2.05) is 13.8 Å². The number of nitrogens with one attached hydrogen (secondary N) is 1. The maximum Gasteiger partial charge on any atom is 0.263 e. The van der Waals surface area contributed by atoms with Gasteiger partial charge in [0.1, 0.15) is 11.5 Å². The van der Waals surface area contributed by atoms with Crippen LogP contribution in [0.2, 0.25) is 0 Å². The number of aromatic hydroxyl groups is 1. The van der Waals surface area contributed by atoms with E-state index in [0.717, 1.165) is 16.7 Å². The van der Waals surface area contributed by atoms with Crippen molar-refractivity contribution in [2.45, 2.75) is 39.2 Å². The van der Waals surface area contributed by atoms with Gasteiger partial charge in [-0.05, 0) is 49.9 Å². The highest BCUT2D eigenvalue weighted by atomic mass is 16.5. The molecule has 0 aromatic heterocycles. The maximum absolute atomic E-state index is 12.7. The largest absolute Gasteiger partial charge is 0.508 e. The van der Waals surface area contributed by atoms with Crippen molar-refractivity contribution in [1.82, 2.24) is 5.32 Å². The molecular weight excluding hydrogens is 378 g/mol. The Hall–Kier alpha value is -1.87. The molecule has 0 saturated heterocycles. The van der Waals surface area contributed by atoms with Crippen LogP contribution in [0, 0.1) is 13.8 Å². The van der Waals surface area contributed by atoms with E-state index in [1.165, 1.54) is 0 Å². The number of phenols is 1. The lowest BCUT2D eigenvalue weighted by Crippen LogP contribution is -2.51. The van der Waals surface area contributed by atoms with Crippen LogP contribution in [-0.4, -0.2) is 74.5 Å². The van der Waals surface area contributed by atoms with E-state index in [1.54, 1.807) is 13.0 Å². The SMILES string of the molecule is Cc1c(O)cc2c(c1C)OC(C)(C(=O)NCCOCCOCCOCCO)CC2. The Kier molecular flexibility index (Phi) is 9.16. The zero-order valence-corrected chi connectivity index (χ0v) is 17.6. The van der Waals surface area contributed by atoms with Gasteiger partial charge in [0.2, 0.25) is 0 Å². The molecule has 0 spiro atoms.